The van der Waals surface area contributed by atoms with E-state index in [0.29, 0.717) is 23.0 Å². The van der Waals surface area contributed by atoms with E-state index in [1.54, 1.807) is 16.8 Å². The van der Waals surface area contributed by atoms with Crippen LogP contribution >= 0.6 is 11.8 Å². The van der Waals surface area contributed by atoms with E-state index in [4.69, 9.17) is 0 Å². The molecule has 0 radical (unpaired) electrons. The van der Waals surface area contributed by atoms with E-state index in [-0.39, 0.29) is 5.82 Å². The van der Waals surface area contributed by atoms with E-state index in [9.17, 15) is 4.39 Å². The van der Waals surface area contributed by atoms with Gasteiger partial charge in [0.15, 0.2) is 0 Å². The Hall–Kier alpha value is -1.47. The minimum atomic E-state index is -0.193. The number of nitrogens with one attached hydrogen (secondary N) is 1. The minimum Gasteiger partial charge on any atom is -0.315 e. The van der Waals surface area contributed by atoms with Crippen molar-refractivity contribution in [1.29, 1.82) is 0 Å². The second kappa shape index (κ2) is 7.20. The Morgan fingerprint density at radius 1 is 1.37 bits per heavy atom. The second-order valence-electron chi connectivity index (χ2n) is 3.92. The van der Waals surface area contributed by atoms with Crippen molar-refractivity contribution < 1.29 is 4.39 Å². The molecule has 0 bridgehead atoms. The average molecular weight is 281 g/mol. The summed E-state index contributed by atoms with van der Waals surface area (Å²) in [5.74, 6) is 0.329. The maximum atomic E-state index is 13.5. The molecule has 0 fully saturated rings. The monoisotopic (exact) mass is 281 g/mol. The van der Waals surface area contributed by atoms with Gasteiger partial charge in [-0.3, -0.25) is 0 Å². The average Bonchev–Trinajstić information content (AvgIpc) is 2.86. The van der Waals surface area contributed by atoms with Gasteiger partial charge < -0.3 is 5.32 Å². The number of hydrogen-bond donors (Lipinski definition) is 1. The number of halogens is 1. The quantitative estimate of drug-likeness (QED) is 0.618. The number of likely N-dealkylation sites (N-methyl/N-ethyl adjacent to an activating group) is 1. The lowest BCUT2D eigenvalue weighted by molar-refractivity contribution is 0.517. The molecule has 0 amide bonds. The van der Waals surface area contributed by atoms with Gasteiger partial charge in [-0.25, -0.2) is 9.07 Å². The molecule has 0 saturated heterocycles. The van der Waals surface area contributed by atoms with Crippen LogP contribution in [0.25, 0.3) is 0 Å². The van der Waals surface area contributed by atoms with E-state index in [2.05, 4.69) is 20.8 Å². The van der Waals surface area contributed by atoms with Crippen molar-refractivity contribution >= 4 is 11.8 Å². The number of nitrogens with zero attached hydrogens (tertiary/aromatic N) is 4. The Kier molecular flexibility index (Phi) is 5.29. The number of benzene rings is 1. The first-order chi connectivity index (χ1) is 9.31. The molecule has 0 unspecified atom stereocenters. The lowest BCUT2D eigenvalue weighted by Crippen LogP contribution is -2.20. The van der Waals surface area contributed by atoms with Gasteiger partial charge in [-0.2, -0.15) is 0 Å². The van der Waals surface area contributed by atoms with E-state index in [1.807, 2.05) is 13.0 Å². The molecule has 1 N–H and O–H groups in total. The SMILES string of the molecule is CCNCCn1nnnc1SCc1ccccc1F. The predicted octanol–water partition coefficient (Wildman–Crippen LogP) is 1.71. The summed E-state index contributed by atoms with van der Waals surface area (Å²) in [6, 6.07) is 6.75. The third-order valence-electron chi connectivity index (χ3n) is 2.56. The molecule has 19 heavy (non-hydrogen) atoms. The highest BCUT2D eigenvalue weighted by atomic mass is 32.2. The smallest absolute Gasteiger partial charge is 0.209 e. The first kappa shape index (κ1) is 14.0. The van der Waals surface area contributed by atoms with E-state index in [1.165, 1.54) is 17.8 Å². The number of tetrazole rings is 1. The number of aromatic nitrogens is 4. The van der Waals surface area contributed by atoms with Crippen molar-refractivity contribution in [2.75, 3.05) is 13.1 Å². The van der Waals surface area contributed by atoms with E-state index in [0.717, 1.165) is 13.1 Å². The maximum Gasteiger partial charge on any atom is 0.209 e. The molecule has 1 heterocycles. The lowest BCUT2D eigenvalue weighted by Gasteiger charge is -2.05. The van der Waals surface area contributed by atoms with Gasteiger partial charge in [0.05, 0.1) is 6.54 Å². The van der Waals surface area contributed by atoms with Crippen LogP contribution in [-0.2, 0) is 12.3 Å². The number of thioether (sulfide) groups is 1. The number of rotatable bonds is 7. The first-order valence-corrected chi connectivity index (χ1v) is 7.13. The summed E-state index contributed by atoms with van der Waals surface area (Å²) in [5.41, 5.74) is 0.661. The molecule has 0 atom stereocenters. The van der Waals surface area contributed by atoms with Gasteiger partial charge in [0.25, 0.3) is 0 Å². The van der Waals surface area contributed by atoms with Crippen LogP contribution in [0.1, 0.15) is 12.5 Å². The fourth-order valence-corrected chi connectivity index (χ4v) is 2.45. The van der Waals surface area contributed by atoms with Crippen molar-refractivity contribution in [1.82, 2.24) is 25.5 Å². The van der Waals surface area contributed by atoms with Crippen LogP contribution in [0.15, 0.2) is 29.4 Å². The van der Waals surface area contributed by atoms with Crippen molar-refractivity contribution in [3.63, 3.8) is 0 Å². The Bertz CT molecular complexity index is 516. The van der Waals surface area contributed by atoms with Crippen LogP contribution in [0.5, 0.6) is 0 Å². The molecule has 2 aromatic rings. The molecule has 0 aliphatic heterocycles. The molecule has 5 nitrogen and oxygen atoms in total. The molecule has 2 rings (SSSR count). The van der Waals surface area contributed by atoms with Gasteiger partial charge in [-0.15, -0.1) is 5.10 Å². The zero-order chi connectivity index (χ0) is 13.5. The van der Waals surface area contributed by atoms with Gasteiger partial charge in [0, 0.05) is 12.3 Å². The topological polar surface area (TPSA) is 55.6 Å². The first-order valence-electron chi connectivity index (χ1n) is 6.14. The van der Waals surface area contributed by atoms with Gasteiger partial charge in [-0.1, -0.05) is 36.9 Å². The molecule has 0 saturated carbocycles. The Balaban J connectivity index is 1.93. The van der Waals surface area contributed by atoms with Crippen molar-refractivity contribution in [2.24, 2.45) is 0 Å². The van der Waals surface area contributed by atoms with Crippen LogP contribution in [0.4, 0.5) is 4.39 Å². The summed E-state index contributed by atoms with van der Waals surface area (Å²) in [4.78, 5) is 0. The third kappa shape index (κ3) is 4.00. The lowest BCUT2D eigenvalue weighted by atomic mass is 10.2. The summed E-state index contributed by atoms with van der Waals surface area (Å²) in [5, 5.41) is 15.5. The highest BCUT2D eigenvalue weighted by Gasteiger charge is 2.08. The Morgan fingerprint density at radius 2 is 2.21 bits per heavy atom. The third-order valence-corrected chi connectivity index (χ3v) is 3.57. The van der Waals surface area contributed by atoms with Crippen molar-refractivity contribution in [3.05, 3.63) is 35.6 Å². The van der Waals surface area contributed by atoms with Crippen LogP contribution in [0.2, 0.25) is 0 Å². The summed E-state index contributed by atoms with van der Waals surface area (Å²) in [7, 11) is 0. The van der Waals surface area contributed by atoms with Crippen molar-refractivity contribution in [3.8, 4) is 0 Å². The predicted molar refractivity (Wildman–Crippen MR) is 72.3 cm³/mol. The van der Waals surface area contributed by atoms with Gasteiger partial charge in [0.1, 0.15) is 5.82 Å². The normalized spacial score (nSPS) is 10.8. The van der Waals surface area contributed by atoms with Crippen LogP contribution in [0.3, 0.4) is 0 Å². The molecular weight excluding hydrogens is 265 g/mol. The summed E-state index contributed by atoms with van der Waals surface area (Å²) >= 11 is 1.44. The van der Waals surface area contributed by atoms with Crippen LogP contribution in [0, 0.1) is 5.82 Å². The standard InChI is InChI=1S/C12H16FN5S/c1-2-14-7-8-18-12(15-16-17-18)19-9-10-5-3-4-6-11(10)13/h3-6,14H,2,7-9H2,1H3. The van der Waals surface area contributed by atoms with Crippen LogP contribution in [-0.4, -0.2) is 33.3 Å². The summed E-state index contributed by atoms with van der Waals surface area (Å²) in [6.07, 6.45) is 0. The molecule has 7 heteroatoms. The molecule has 102 valence electrons. The zero-order valence-electron chi connectivity index (χ0n) is 10.7. The number of hydrogen-bond acceptors (Lipinski definition) is 5. The van der Waals surface area contributed by atoms with E-state index < -0.39 is 0 Å². The molecule has 0 aliphatic carbocycles. The molecule has 0 spiro atoms. The highest BCUT2D eigenvalue weighted by molar-refractivity contribution is 7.98. The van der Waals surface area contributed by atoms with Gasteiger partial charge in [0.2, 0.25) is 5.16 Å². The van der Waals surface area contributed by atoms with E-state index >= 15 is 0 Å². The molecule has 1 aromatic carbocycles. The summed E-state index contributed by atoms with van der Waals surface area (Å²) in [6.45, 7) is 4.49. The minimum absolute atomic E-state index is 0.193. The fraction of sp³-hybridized carbons (Fsp3) is 0.417. The zero-order valence-corrected chi connectivity index (χ0v) is 11.5. The largest absolute Gasteiger partial charge is 0.315 e. The van der Waals surface area contributed by atoms with Gasteiger partial charge >= 0.3 is 0 Å². The second-order valence-corrected chi connectivity index (χ2v) is 4.86. The Labute approximate surface area is 115 Å². The maximum absolute atomic E-state index is 13.5. The highest BCUT2D eigenvalue weighted by Crippen LogP contribution is 2.21. The molecule has 1 aromatic heterocycles. The fourth-order valence-electron chi connectivity index (χ4n) is 1.56. The molecular formula is C12H16FN5S. The Morgan fingerprint density at radius 3 is 3.00 bits per heavy atom. The van der Waals surface area contributed by atoms with Crippen molar-refractivity contribution in [2.45, 2.75) is 24.4 Å². The molecule has 0 aliphatic rings. The summed E-state index contributed by atoms with van der Waals surface area (Å²) < 4.78 is 15.2. The van der Waals surface area contributed by atoms with Crippen LogP contribution < -0.4 is 5.32 Å². The van der Waals surface area contributed by atoms with Gasteiger partial charge in [-0.05, 0) is 28.6 Å².